The van der Waals surface area contributed by atoms with Crippen molar-refractivity contribution in [2.45, 2.75) is 6.23 Å². The molecule has 0 N–H and O–H groups in total. The van der Waals surface area contributed by atoms with Crippen LogP contribution >= 0.6 is 0 Å². The number of carbonyl (C=O) groups excluding carboxylic acids is 1. The highest BCUT2D eigenvalue weighted by Crippen LogP contribution is 2.31. The fraction of sp³-hybridized carbons (Fsp3) is 0.500. The first-order valence-corrected chi connectivity index (χ1v) is 3.98. The second-order valence-electron chi connectivity index (χ2n) is 3.08. The quantitative estimate of drug-likeness (QED) is 0.619. The average Bonchev–Trinajstić information content (AvgIpc) is 2.57. The van der Waals surface area contributed by atoms with E-state index in [0.29, 0.717) is 5.69 Å². The van der Waals surface area contributed by atoms with E-state index in [4.69, 9.17) is 4.74 Å². The zero-order valence-electron chi connectivity index (χ0n) is 7.81. The lowest BCUT2D eigenvalue weighted by molar-refractivity contribution is -0.000972. The smallest absolute Gasteiger partial charge is 0.274 e. The van der Waals surface area contributed by atoms with Crippen molar-refractivity contribution >= 4 is 5.91 Å². The number of hydrogen-bond donors (Lipinski definition) is 0. The number of ether oxygens (including phenoxy) is 1. The Kier molecular flexibility index (Phi) is 1.63. The van der Waals surface area contributed by atoms with E-state index in [-0.39, 0.29) is 12.1 Å². The third kappa shape index (κ3) is 0.904. The molecule has 1 aliphatic heterocycles. The molecule has 1 aromatic rings. The molecule has 5 heteroatoms. The van der Waals surface area contributed by atoms with Gasteiger partial charge in [0.2, 0.25) is 0 Å². The van der Waals surface area contributed by atoms with Crippen LogP contribution in [0.15, 0.2) is 6.20 Å². The zero-order valence-corrected chi connectivity index (χ0v) is 7.81. The highest BCUT2D eigenvalue weighted by Gasteiger charge is 2.37. The summed E-state index contributed by atoms with van der Waals surface area (Å²) in [6.45, 7) is 0. The second kappa shape index (κ2) is 2.56. The van der Waals surface area contributed by atoms with E-state index in [0.717, 1.165) is 5.56 Å². The van der Waals surface area contributed by atoms with Crippen molar-refractivity contribution in [2.75, 3.05) is 14.2 Å². The highest BCUT2D eigenvalue weighted by atomic mass is 16.5. The van der Waals surface area contributed by atoms with Gasteiger partial charge < -0.3 is 9.64 Å². The van der Waals surface area contributed by atoms with Crippen LogP contribution in [0.4, 0.5) is 0 Å². The summed E-state index contributed by atoms with van der Waals surface area (Å²) in [6.07, 6.45) is 1.39. The minimum atomic E-state index is -0.281. The summed E-state index contributed by atoms with van der Waals surface area (Å²) in [5.74, 6) is -0.0400. The van der Waals surface area contributed by atoms with Gasteiger partial charge in [0.25, 0.3) is 5.91 Å². The van der Waals surface area contributed by atoms with Gasteiger partial charge in [-0.1, -0.05) is 0 Å². The Morgan fingerprint density at radius 3 is 2.85 bits per heavy atom. The van der Waals surface area contributed by atoms with Crippen LogP contribution in [0.3, 0.4) is 0 Å². The lowest BCUT2D eigenvalue weighted by Crippen LogP contribution is -2.25. The molecular formula is C8H11N3O2. The Balaban J connectivity index is 2.55. The van der Waals surface area contributed by atoms with Crippen molar-refractivity contribution in [1.82, 2.24) is 14.7 Å². The fourth-order valence-electron chi connectivity index (χ4n) is 1.66. The van der Waals surface area contributed by atoms with Gasteiger partial charge in [0.15, 0.2) is 6.23 Å². The number of methoxy groups -OCH3 is 1. The molecule has 0 saturated heterocycles. The molecule has 0 radical (unpaired) electrons. The number of amides is 1. The predicted octanol–water partition coefficient (Wildman–Crippen LogP) is 0.151. The third-order valence-electron chi connectivity index (χ3n) is 2.33. The molecule has 2 rings (SSSR count). The first-order valence-electron chi connectivity index (χ1n) is 3.98. The Bertz CT molecular complexity index is 358. The standard InChI is InChI=1S/C8H11N3O2/c1-10-7(12)6-5(8(10)13-3)4-9-11(6)2/h4,8H,1-3H3. The third-order valence-corrected chi connectivity index (χ3v) is 2.33. The molecule has 2 heterocycles. The maximum atomic E-state index is 11.6. The average molecular weight is 181 g/mol. The number of fused-ring (bicyclic) bond motifs is 1. The first-order chi connectivity index (χ1) is 6.16. The van der Waals surface area contributed by atoms with Crippen LogP contribution in [0.1, 0.15) is 22.3 Å². The van der Waals surface area contributed by atoms with E-state index in [1.165, 1.54) is 0 Å². The van der Waals surface area contributed by atoms with Crippen LogP contribution in [-0.4, -0.2) is 34.7 Å². The highest BCUT2D eigenvalue weighted by molar-refractivity contribution is 5.97. The lowest BCUT2D eigenvalue weighted by Gasteiger charge is -2.17. The van der Waals surface area contributed by atoms with Crippen LogP contribution in [-0.2, 0) is 11.8 Å². The van der Waals surface area contributed by atoms with Gasteiger partial charge in [-0.2, -0.15) is 5.10 Å². The number of rotatable bonds is 1. The first kappa shape index (κ1) is 8.25. The van der Waals surface area contributed by atoms with Crippen molar-refractivity contribution in [3.05, 3.63) is 17.5 Å². The Morgan fingerprint density at radius 1 is 1.54 bits per heavy atom. The van der Waals surface area contributed by atoms with Gasteiger partial charge in [0, 0.05) is 21.2 Å². The van der Waals surface area contributed by atoms with Crippen molar-refractivity contribution < 1.29 is 9.53 Å². The van der Waals surface area contributed by atoms with E-state index in [9.17, 15) is 4.79 Å². The van der Waals surface area contributed by atoms with Crippen molar-refractivity contribution in [1.29, 1.82) is 0 Å². The van der Waals surface area contributed by atoms with E-state index in [1.54, 1.807) is 37.0 Å². The topological polar surface area (TPSA) is 47.4 Å². The second-order valence-corrected chi connectivity index (χ2v) is 3.08. The maximum Gasteiger partial charge on any atom is 0.274 e. The molecule has 0 bridgehead atoms. The molecule has 5 nitrogen and oxygen atoms in total. The molecule has 0 aliphatic carbocycles. The summed E-state index contributed by atoms with van der Waals surface area (Å²) in [4.78, 5) is 13.2. The SMILES string of the molecule is COC1c2cnn(C)c2C(=O)N1C. The maximum absolute atomic E-state index is 11.6. The van der Waals surface area contributed by atoms with Crippen molar-refractivity contribution in [2.24, 2.45) is 7.05 Å². The lowest BCUT2D eigenvalue weighted by atomic mass is 10.3. The van der Waals surface area contributed by atoms with E-state index in [1.807, 2.05) is 0 Å². The molecule has 1 unspecified atom stereocenters. The van der Waals surface area contributed by atoms with Gasteiger partial charge >= 0.3 is 0 Å². The number of hydrogen-bond acceptors (Lipinski definition) is 3. The molecule has 0 fully saturated rings. The molecule has 70 valence electrons. The van der Waals surface area contributed by atoms with Gasteiger partial charge in [-0.05, 0) is 0 Å². The summed E-state index contributed by atoms with van der Waals surface area (Å²) in [5, 5.41) is 4.01. The minimum absolute atomic E-state index is 0.0400. The van der Waals surface area contributed by atoms with Gasteiger partial charge in [-0.15, -0.1) is 0 Å². The van der Waals surface area contributed by atoms with E-state index in [2.05, 4.69) is 5.10 Å². The molecule has 1 aromatic heterocycles. The van der Waals surface area contributed by atoms with Gasteiger partial charge in [-0.25, -0.2) is 0 Å². The van der Waals surface area contributed by atoms with Gasteiger partial charge in [0.05, 0.1) is 11.8 Å². The van der Waals surface area contributed by atoms with E-state index < -0.39 is 0 Å². The monoisotopic (exact) mass is 181 g/mol. The molecule has 0 aromatic carbocycles. The van der Waals surface area contributed by atoms with Gasteiger partial charge in [0.1, 0.15) is 5.69 Å². The largest absolute Gasteiger partial charge is 0.357 e. The minimum Gasteiger partial charge on any atom is -0.357 e. The molecule has 1 amide bonds. The van der Waals surface area contributed by atoms with E-state index >= 15 is 0 Å². The number of carbonyl (C=O) groups is 1. The molecule has 13 heavy (non-hydrogen) atoms. The summed E-state index contributed by atoms with van der Waals surface area (Å²) >= 11 is 0. The summed E-state index contributed by atoms with van der Waals surface area (Å²) in [6, 6.07) is 0. The number of nitrogens with zero attached hydrogens (tertiary/aromatic N) is 3. The normalized spacial score (nSPS) is 21.0. The Morgan fingerprint density at radius 2 is 2.23 bits per heavy atom. The fourth-order valence-corrected chi connectivity index (χ4v) is 1.66. The van der Waals surface area contributed by atoms with Crippen molar-refractivity contribution in [3.8, 4) is 0 Å². The molecule has 0 spiro atoms. The zero-order chi connectivity index (χ0) is 9.59. The summed E-state index contributed by atoms with van der Waals surface area (Å²) in [5.41, 5.74) is 1.46. The van der Waals surface area contributed by atoms with Crippen LogP contribution in [0.2, 0.25) is 0 Å². The van der Waals surface area contributed by atoms with Crippen LogP contribution in [0, 0.1) is 0 Å². The summed E-state index contributed by atoms with van der Waals surface area (Å²) in [7, 11) is 5.05. The van der Waals surface area contributed by atoms with Crippen LogP contribution in [0.5, 0.6) is 0 Å². The molecule has 1 aliphatic rings. The predicted molar refractivity (Wildman–Crippen MR) is 45.1 cm³/mol. The van der Waals surface area contributed by atoms with Crippen LogP contribution < -0.4 is 0 Å². The van der Waals surface area contributed by atoms with Crippen molar-refractivity contribution in [3.63, 3.8) is 0 Å². The Labute approximate surface area is 75.9 Å². The van der Waals surface area contributed by atoms with Crippen LogP contribution in [0.25, 0.3) is 0 Å². The molecular weight excluding hydrogens is 170 g/mol. The number of aryl methyl sites for hydroxylation is 1. The molecule has 0 saturated carbocycles. The summed E-state index contributed by atoms with van der Waals surface area (Å²) < 4.78 is 6.76. The van der Waals surface area contributed by atoms with Gasteiger partial charge in [-0.3, -0.25) is 9.48 Å². The number of aromatic nitrogens is 2. The Hall–Kier alpha value is -1.36. The molecule has 1 atom stereocenters.